The maximum Gasteiger partial charge on any atom is 0.135 e. The van der Waals surface area contributed by atoms with E-state index in [1.54, 1.807) is 0 Å². The summed E-state index contributed by atoms with van der Waals surface area (Å²) in [4.78, 5) is 14.2. The van der Waals surface area contributed by atoms with Crippen LogP contribution in [0.25, 0.3) is 38.9 Å². The Balaban J connectivity index is 0.00000499. The molecule has 306 valence electrons. The van der Waals surface area contributed by atoms with Crippen LogP contribution >= 0.6 is 0 Å². The Labute approximate surface area is 369 Å². The van der Waals surface area contributed by atoms with E-state index in [1.807, 2.05) is 36.7 Å². The molecule has 8 aromatic rings. The molecular weight excluding hydrogens is 918 g/mol. The minimum Gasteiger partial charge on any atom is -0.509 e. The van der Waals surface area contributed by atoms with Crippen LogP contribution in [0, 0.1) is 18.8 Å². The third-order valence-corrected chi connectivity index (χ3v) is 11.2. The predicted octanol–water partition coefficient (Wildman–Crippen LogP) is 13.9. The summed E-state index contributed by atoms with van der Waals surface area (Å²) < 4.78 is 8.82. The Hall–Kier alpha value is -5.71. The Bertz CT molecular complexity index is 2820. The largest absolute Gasteiger partial charge is 0.509 e. The summed E-state index contributed by atoms with van der Waals surface area (Å²) in [5.74, 6) is 2.06. The SMILES string of the molecule is CC(C)(C)c1ccnc(-n2c3[c-]c(Oc4[c-]c(N5[CH-]N(c6c(C(C)(C)C)cc(-c7ccccn7)cc6C(C)(C)C)c6ccccc65)ccc4)ccc3c3ccccc32)c1.[Pt]. The predicted molar refractivity (Wildman–Crippen MR) is 244 cm³/mol. The average molecular weight is 968 g/mol. The molecule has 60 heavy (non-hydrogen) atoms. The number of pyridine rings is 2. The monoisotopic (exact) mass is 967 g/mol. The van der Waals surface area contributed by atoms with Crippen LogP contribution in [0.2, 0.25) is 0 Å². The van der Waals surface area contributed by atoms with E-state index in [-0.39, 0.29) is 37.3 Å². The van der Waals surface area contributed by atoms with Crippen molar-refractivity contribution in [2.45, 2.75) is 78.6 Å². The zero-order valence-corrected chi connectivity index (χ0v) is 38.0. The molecule has 3 aromatic heterocycles. The molecule has 0 saturated carbocycles. The van der Waals surface area contributed by atoms with Crippen molar-refractivity contribution in [2.75, 3.05) is 9.80 Å². The number of fused-ring (bicyclic) bond motifs is 4. The van der Waals surface area contributed by atoms with Crippen molar-refractivity contribution < 1.29 is 25.8 Å². The first-order chi connectivity index (χ1) is 28.1. The molecule has 1 aliphatic rings. The molecule has 0 saturated heterocycles. The van der Waals surface area contributed by atoms with Gasteiger partial charge in [0.1, 0.15) is 5.82 Å². The summed E-state index contributed by atoms with van der Waals surface area (Å²) in [6.45, 7) is 22.6. The van der Waals surface area contributed by atoms with Crippen molar-refractivity contribution in [1.29, 1.82) is 0 Å². The third-order valence-electron chi connectivity index (χ3n) is 11.2. The van der Waals surface area contributed by atoms with Crippen molar-refractivity contribution in [2.24, 2.45) is 0 Å². The zero-order chi connectivity index (χ0) is 41.3. The van der Waals surface area contributed by atoms with E-state index in [4.69, 9.17) is 14.7 Å². The van der Waals surface area contributed by atoms with Crippen molar-refractivity contribution in [1.82, 2.24) is 14.5 Å². The smallest absolute Gasteiger partial charge is 0.135 e. The standard InChI is InChI=1S/C53H50N5O.Pt/c1-51(2,3)36-26-28-55-49(31-36)58-45-21-11-10-19-40(45)41-25-24-39(33-48(41)58)59-38-18-16-17-37(32-38)56-34-57(47-23-13-12-22-46(47)56)50-42(52(4,5)6)29-35(30-43(50)53(7,8)9)44-20-14-15-27-54-44;/h10-31,34H,1-9H3;/q-3;. The fourth-order valence-corrected chi connectivity index (χ4v) is 8.13. The Morgan fingerprint density at radius 2 is 1.23 bits per heavy atom. The molecular formula is C53H50N5OPt-3. The van der Waals surface area contributed by atoms with Crippen LogP contribution in [-0.2, 0) is 37.3 Å². The number of anilines is 4. The van der Waals surface area contributed by atoms with Gasteiger partial charge in [-0.05, 0) is 92.9 Å². The van der Waals surface area contributed by atoms with Gasteiger partial charge in [-0.25, -0.2) is 4.98 Å². The van der Waals surface area contributed by atoms with E-state index < -0.39 is 0 Å². The number of para-hydroxylation sites is 3. The fourth-order valence-electron chi connectivity index (χ4n) is 8.13. The summed E-state index contributed by atoms with van der Waals surface area (Å²) in [5, 5.41) is 2.24. The van der Waals surface area contributed by atoms with E-state index in [9.17, 15) is 0 Å². The molecule has 4 heterocycles. The summed E-state index contributed by atoms with van der Waals surface area (Å²) in [6, 6.07) is 49.5. The number of aromatic nitrogens is 3. The van der Waals surface area contributed by atoms with Crippen LogP contribution in [0.3, 0.4) is 0 Å². The fraction of sp³-hybridized carbons (Fsp3) is 0.226. The molecule has 6 nitrogen and oxygen atoms in total. The van der Waals surface area contributed by atoms with Crippen LogP contribution in [0.1, 0.15) is 79.0 Å². The first-order valence-electron chi connectivity index (χ1n) is 20.4. The summed E-state index contributed by atoms with van der Waals surface area (Å²) in [7, 11) is 0. The van der Waals surface area contributed by atoms with Crippen molar-refractivity contribution in [3.63, 3.8) is 0 Å². The molecule has 9 rings (SSSR count). The van der Waals surface area contributed by atoms with Gasteiger partial charge in [-0.2, -0.15) is 12.1 Å². The number of benzene rings is 5. The topological polar surface area (TPSA) is 46.4 Å². The molecule has 0 N–H and O–H groups in total. The molecule has 0 radical (unpaired) electrons. The molecule has 0 unspecified atom stereocenters. The minimum atomic E-state index is -0.162. The molecule has 0 fully saturated rings. The summed E-state index contributed by atoms with van der Waals surface area (Å²) in [5.41, 5.74) is 11.7. The first kappa shape index (κ1) is 41.0. The molecule has 0 atom stereocenters. The van der Waals surface area contributed by atoms with Gasteiger partial charge >= 0.3 is 0 Å². The zero-order valence-electron chi connectivity index (χ0n) is 35.7. The van der Waals surface area contributed by atoms with Crippen LogP contribution in [0.15, 0.2) is 134 Å². The van der Waals surface area contributed by atoms with Crippen molar-refractivity contribution in [3.8, 4) is 28.6 Å². The molecule has 1 aliphatic heterocycles. The number of rotatable bonds is 6. The first-order valence-corrected chi connectivity index (χ1v) is 20.4. The molecule has 0 spiro atoms. The van der Waals surface area contributed by atoms with Crippen LogP contribution in [-0.4, -0.2) is 14.5 Å². The van der Waals surface area contributed by atoms with Gasteiger partial charge in [0, 0.05) is 73.1 Å². The van der Waals surface area contributed by atoms with Gasteiger partial charge < -0.3 is 19.1 Å². The summed E-state index contributed by atoms with van der Waals surface area (Å²) >= 11 is 0. The second-order valence-corrected chi connectivity index (χ2v) is 18.6. The Morgan fingerprint density at radius 1 is 0.567 bits per heavy atom. The second-order valence-electron chi connectivity index (χ2n) is 18.6. The maximum absolute atomic E-state index is 6.63. The van der Waals surface area contributed by atoms with Crippen LogP contribution in [0.4, 0.5) is 22.7 Å². The number of hydrogen-bond donors (Lipinski definition) is 0. The van der Waals surface area contributed by atoms with Crippen molar-refractivity contribution >= 4 is 44.6 Å². The normalized spacial score (nSPS) is 13.2. The maximum atomic E-state index is 6.63. The number of hydrogen-bond acceptors (Lipinski definition) is 5. The average Bonchev–Trinajstić information content (AvgIpc) is 3.76. The van der Waals surface area contributed by atoms with Gasteiger partial charge in [0.25, 0.3) is 0 Å². The molecule has 0 bridgehead atoms. The van der Waals surface area contributed by atoms with Gasteiger partial charge in [0.2, 0.25) is 0 Å². The van der Waals surface area contributed by atoms with Gasteiger partial charge in [0.15, 0.2) is 0 Å². The Morgan fingerprint density at radius 3 is 1.92 bits per heavy atom. The third kappa shape index (κ3) is 7.51. The molecule has 0 amide bonds. The van der Waals surface area contributed by atoms with E-state index >= 15 is 0 Å². The van der Waals surface area contributed by atoms with Crippen LogP contribution in [0.5, 0.6) is 11.5 Å². The Kier molecular flexibility index (Phi) is 10.5. The van der Waals surface area contributed by atoms with Crippen molar-refractivity contribution in [3.05, 3.63) is 169 Å². The van der Waals surface area contributed by atoms with Gasteiger partial charge in [-0.3, -0.25) is 4.98 Å². The second kappa shape index (κ2) is 15.4. The van der Waals surface area contributed by atoms with Gasteiger partial charge in [0.05, 0.1) is 5.69 Å². The number of ether oxygens (including phenoxy) is 1. The van der Waals surface area contributed by atoms with E-state index in [0.717, 1.165) is 55.9 Å². The van der Waals surface area contributed by atoms with Crippen LogP contribution < -0.4 is 14.5 Å². The molecule has 7 heteroatoms. The van der Waals surface area contributed by atoms with E-state index in [0.29, 0.717) is 11.5 Å². The molecule has 0 aliphatic carbocycles. The van der Waals surface area contributed by atoms with Gasteiger partial charge in [-0.15, -0.1) is 48.1 Å². The quantitative estimate of drug-likeness (QED) is 0.155. The molecule has 5 aromatic carbocycles. The minimum absolute atomic E-state index is 0. The van der Waals surface area contributed by atoms with Gasteiger partial charge in [-0.1, -0.05) is 104 Å². The summed E-state index contributed by atoms with van der Waals surface area (Å²) in [6.07, 6.45) is 3.77. The number of nitrogens with zero attached hydrogens (tertiary/aromatic N) is 5. The van der Waals surface area contributed by atoms with E-state index in [2.05, 4.69) is 193 Å². The van der Waals surface area contributed by atoms with E-state index in [1.165, 1.54) is 22.4 Å².